The Morgan fingerprint density at radius 2 is 1.95 bits per heavy atom. The van der Waals surface area contributed by atoms with E-state index < -0.39 is 0 Å². The normalized spacial score (nSPS) is 11.8. The number of thioether (sulfide) groups is 1. The average Bonchev–Trinajstić information content (AvgIpc) is 2.39. The predicted molar refractivity (Wildman–Crippen MR) is 88.1 cm³/mol. The molecule has 1 rings (SSSR count). The molecule has 0 heterocycles. The van der Waals surface area contributed by atoms with Crippen molar-refractivity contribution in [3.8, 4) is 11.5 Å². The van der Waals surface area contributed by atoms with E-state index in [0.717, 1.165) is 24.6 Å². The van der Waals surface area contributed by atoms with Gasteiger partial charge >= 0.3 is 0 Å². The minimum atomic E-state index is 0.148. The second kappa shape index (κ2) is 7.79. The van der Waals surface area contributed by atoms with Gasteiger partial charge in [-0.15, -0.1) is 0 Å². The molecule has 20 heavy (non-hydrogen) atoms. The van der Waals surface area contributed by atoms with E-state index in [4.69, 9.17) is 9.47 Å². The van der Waals surface area contributed by atoms with E-state index in [1.54, 1.807) is 7.11 Å². The second-order valence-corrected chi connectivity index (χ2v) is 7.23. The Bertz CT molecular complexity index is 419. The molecule has 0 fully saturated rings. The van der Waals surface area contributed by atoms with Gasteiger partial charge in [0.2, 0.25) is 0 Å². The maximum absolute atomic E-state index is 5.72. The fourth-order valence-electron chi connectivity index (χ4n) is 1.75. The highest BCUT2D eigenvalue weighted by Gasteiger charge is 2.15. The lowest BCUT2D eigenvalue weighted by atomic mass is 10.1. The molecule has 0 aliphatic carbocycles. The molecule has 3 nitrogen and oxygen atoms in total. The van der Waals surface area contributed by atoms with Gasteiger partial charge in [-0.05, 0) is 51.6 Å². The van der Waals surface area contributed by atoms with Crippen molar-refractivity contribution in [1.29, 1.82) is 0 Å². The molecule has 0 aliphatic rings. The Balaban J connectivity index is 2.64. The highest BCUT2D eigenvalue weighted by atomic mass is 32.2. The molecule has 0 bridgehead atoms. The summed E-state index contributed by atoms with van der Waals surface area (Å²) in [7, 11) is 1.68. The van der Waals surface area contributed by atoms with Crippen molar-refractivity contribution in [1.82, 2.24) is 5.32 Å². The van der Waals surface area contributed by atoms with Crippen molar-refractivity contribution in [2.45, 2.75) is 45.1 Å². The van der Waals surface area contributed by atoms with Crippen molar-refractivity contribution in [3.63, 3.8) is 0 Å². The van der Waals surface area contributed by atoms with Crippen molar-refractivity contribution >= 4 is 11.8 Å². The van der Waals surface area contributed by atoms with E-state index in [0.29, 0.717) is 0 Å². The zero-order chi connectivity index (χ0) is 15.2. The molecule has 0 unspecified atom stereocenters. The van der Waals surface area contributed by atoms with Crippen LogP contribution in [0.3, 0.4) is 0 Å². The van der Waals surface area contributed by atoms with Gasteiger partial charge < -0.3 is 14.8 Å². The van der Waals surface area contributed by atoms with E-state index in [1.165, 1.54) is 5.56 Å². The molecule has 0 saturated heterocycles. The summed E-state index contributed by atoms with van der Waals surface area (Å²) < 4.78 is 11.4. The van der Waals surface area contributed by atoms with Gasteiger partial charge in [-0.1, -0.05) is 6.07 Å². The van der Waals surface area contributed by atoms with Gasteiger partial charge in [0.15, 0.2) is 11.5 Å². The summed E-state index contributed by atoms with van der Waals surface area (Å²) in [6, 6.07) is 6.10. The van der Waals surface area contributed by atoms with Crippen LogP contribution in [-0.2, 0) is 6.54 Å². The first kappa shape index (κ1) is 17.2. The number of rotatable bonds is 8. The Labute approximate surface area is 127 Å². The first-order valence-electron chi connectivity index (χ1n) is 6.97. The molecule has 114 valence electrons. The van der Waals surface area contributed by atoms with Crippen LogP contribution in [0.15, 0.2) is 18.2 Å². The minimum Gasteiger partial charge on any atom is -0.493 e. The Kier molecular flexibility index (Phi) is 6.69. The van der Waals surface area contributed by atoms with Crippen LogP contribution < -0.4 is 14.8 Å². The molecule has 1 aromatic carbocycles. The summed E-state index contributed by atoms with van der Waals surface area (Å²) in [6.45, 7) is 10.3. The van der Waals surface area contributed by atoms with Gasteiger partial charge in [-0.3, -0.25) is 0 Å². The molecule has 0 spiro atoms. The van der Waals surface area contributed by atoms with Gasteiger partial charge in [0.25, 0.3) is 0 Å². The number of hydrogen-bond acceptors (Lipinski definition) is 4. The third-order valence-electron chi connectivity index (χ3n) is 3.02. The molecular formula is C16H27NO2S. The van der Waals surface area contributed by atoms with E-state index in [2.05, 4.69) is 31.5 Å². The highest BCUT2D eigenvalue weighted by Crippen LogP contribution is 2.29. The summed E-state index contributed by atoms with van der Waals surface area (Å²) in [5.41, 5.74) is 1.20. The molecule has 0 radical (unpaired) electrons. The molecule has 1 N–H and O–H groups in total. The zero-order valence-corrected chi connectivity index (χ0v) is 14.3. The second-order valence-electron chi connectivity index (χ2n) is 5.72. The lowest BCUT2D eigenvalue weighted by Crippen LogP contribution is -2.31. The van der Waals surface area contributed by atoms with Crippen LogP contribution in [0.2, 0.25) is 0 Å². The monoisotopic (exact) mass is 297 g/mol. The number of hydrogen-bond donors (Lipinski definition) is 1. The Morgan fingerprint density at radius 3 is 2.50 bits per heavy atom. The molecule has 0 atom stereocenters. The van der Waals surface area contributed by atoms with Crippen molar-refractivity contribution in [2.75, 3.05) is 19.9 Å². The van der Waals surface area contributed by atoms with Crippen molar-refractivity contribution in [2.24, 2.45) is 0 Å². The van der Waals surface area contributed by atoms with Crippen molar-refractivity contribution < 1.29 is 9.47 Å². The molecular weight excluding hydrogens is 270 g/mol. The quantitative estimate of drug-likeness (QED) is 0.792. The average molecular weight is 297 g/mol. The van der Waals surface area contributed by atoms with E-state index in [-0.39, 0.29) is 10.9 Å². The summed E-state index contributed by atoms with van der Waals surface area (Å²) >= 11 is 1.87. The highest BCUT2D eigenvalue weighted by molar-refractivity contribution is 7.99. The van der Waals surface area contributed by atoms with Gasteiger partial charge in [-0.25, -0.2) is 0 Å². The van der Waals surface area contributed by atoms with Crippen LogP contribution in [-0.4, -0.2) is 30.8 Å². The molecule has 4 heteroatoms. The molecule has 0 saturated carbocycles. The third kappa shape index (κ3) is 5.63. The smallest absolute Gasteiger partial charge is 0.161 e. The Hall–Kier alpha value is -0.870. The predicted octanol–water partition coefficient (Wildman–Crippen LogP) is 3.71. The van der Waals surface area contributed by atoms with E-state index >= 15 is 0 Å². The molecule has 1 aromatic rings. The van der Waals surface area contributed by atoms with Crippen molar-refractivity contribution in [3.05, 3.63) is 23.8 Å². The van der Waals surface area contributed by atoms with Crippen LogP contribution >= 0.6 is 11.8 Å². The lowest BCUT2D eigenvalue weighted by Gasteiger charge is -2.22. The minimum absolute atomic E-state index is 0.148. The first-order valence-corrected chi connectivity index (χ1v) is 8.20. The van der Waals surface area contributed by atoms with Gasteiger partial charge in [-0.2, -0.15) is 11.8 Å². The maximum Gasteiger partial charge on any atom is 0.161 e. The third-order valence-corrected chi connectivity index (χ3v) is 4.27. The van der Waals surface area contributed by atoms with Crippen LogP contribution in [0.4, 0.5) is 0 Å². The first-order chi connectivity index (χ1) is 9.38. The fraction of sp³-hybridized carbons (Fsp3) is 0.625. The fourth-order valence-corrected chi connectivity index (χ4v) is 2.00. The number of benzene rings is 1. The summed E-state index contributed by atoms with van der Waals surface area (Å²) in [5, 5.41) is 3.49. The zero-order valence-electron chi connectivity index (χ0n) is 13.4. The molecule has 0 aliphatic heterocycles. The van der Waals surface area contributed by atoms with Gasteiger partial charge in [0, 0.05) is 17.8 Å². The number of methoxy groups -OCH3 is 1. The Morgan fingerprint density at radius 1 is 1.25 bits per heavy atom. The van der Waals surface area contributed by atoms with Crippen LogP contribution in [0.1, 0.15) is 33.3 Å². The molecule has 0 amide bonds. The molecule has 0 aromatic heterocycles. The van der Waals surface area contributed by atoms with Crippen LogP contribution in [0, 0.1) is 0 Å². The van der Waals surface area contributed by atoms with Gasteiger partial charge in [0.1, 0.15) is 0 Å². The lowest BCUT2D eigenvalue weighted by molar-refractivity contribution is 0.230. The summed E-state index contributed by atoms with van der Waals surface area (Å²) in [5.74, 6) is 1.60. The summed E-state index contributed by atoms with van der Waals surface area (Å²) in [4.78, 5) is 0. The van der Waals surface area contributed by atoms with Crippen LogP contribution in [0.25, 0.3) is 0 Å². The SMILES string of the molecule is COc1cc(CNCC(C)(C)SC)ccc1OC(C)C. The van der Waals surface area contributed by atoms with E-state index in [9.17, 15) is 0 Å². The number of ether oxygens (including phenoxy) is 2. The van der Waals surface area contributed by atoms with Crippen LogP contribution in [0.5, 0.6) is 11.5 Å². The van der Waals surface area contributed by atoms with Gasteiger partial charge in [0.05, 0.1) is 13.2 Å². The topological polar surface area (TPSA) is 30.5 Å². The largest absolute Gasteiger partial charge is 0.493 e. The van der Waals surface area contributed by atoms with E-state index in [1.807, 2.05) is 37.7 Å². The maximum atomic E-state index is 5.72. The summed E-state index contributed by atoms with van der Waals surface area (Å²) in [6.07, 6.45) is 2.29. The number of nitrogens with one attached hydrogen (secondary N) is 1. The standard InChI is InChI=1S/C16H27NO2S/c1-12(2)19-14-8-7-13(9-15(14)18-5)10-17-11-16(3,4)20-6/h7-9,12,17H,10-11H2,1-6H3.